The largest absolute Gasteiger partial charge is 0.463 e. The van der Waals surface area contributed by atoms with Crippen LogP contribution in [0.25, 0.3) is 0 Å². The standard InChI is InChI=1S/C15H18N4O/c1-11-14(17-15-16-8-9-20-15)12(2)19(18-11)10-13-6-4-3-5-7-13/h3-7H,8-10H2,1-2H3,(H,16,17). The van der Waals surface area contributed by atoms with Crippen molar-refractivity contribution in [3.8, 4) is 0 Å². The zero-order valence-corrected chi connectivity index (χ0v) is 11.8. The van der Waals surface area contributed by atoms with E-state index in [-0.39, 0.29) is 0 Å². The summed E-state index contributed by atoms with van der Waals surface area (Å²) in [5.41, 5.74) is 4.27. The normalized spacial score (nSPS) is 14.0. The fourth-order valence-electron chi connectivity index (χ4n) is 2.31. The van der Waals surface area contributed by atoms with Crippen molar-refractivity contribution in [2.24, 2.45) is 4.99 Å². The van der Waals surface area contributed by atoms with Gasteiger partial charge in [-0.25, -0.2) is 4.99 Å². The second-order valence-electron chi connectivity index (χ2n) is 4.85. The van der Waals surface area contributed by atoms with E-state index in [1.165, 1.54) is 5.56 Å². The molecular formula is C15H18N4O. The fourth-order valence-corrected chi connectivity index (χ4v) is 2.31. The first-order chi connectivity index (χ1) is 9.74. The van der Waals surface area contributed by atoms with Crippen LogP contribution >= 0.6 is 0 Å². The van der Waals surface area contributed by atoms with Crippen molar-refractivity contribution in [2.75, 3.05) is 18.5 Å². The Morgan fingerprint density at radius 3 is 2.75 bits per heavy atom. The summed E-state index contributed by atoms with van der Waals surface area (Å²) in [4.78, 5) is 4.25. The lowest BCUT2D eigenvalue weighted by atomic mass is 10.2. The average molecular weight is 270 g/mol. The highest BCUT2D eigenvalue weighted by atomic mass is 16.5. The molecule has 1 aromatic heterocycles. The average Bonchev–Trinajstić information content (AvgIpc) is 3.05. The maximum Gasteiger partial charge on any atom is 0.289 e. The Hall–Kier alpha value is -2.30. The van der Waals surface area contributed by atoms with E-state index in [4.69, 9.17) is 4.74 Å². The third-order valence-corrected chi connectivity index (χ3v) is 3.37. The van der Waals surface area contributed by atoms with Gasteiger partial charge in [0.2, 0.25) is 0 Å². The monoisotopic (exact) mass is 270 g/mol. The smallest absolute Gasteiger partial charge is 0.289 e. The van der Waals surface area contributed by atoms with Crippen LogP contribution in [0.2, 0.25) is 0 Å². The molecule has 0 atom stereocenters. The Morgan fingerprint density at radius 2 is 2.05 bits per heavy atom. The van der Waals surface area contributed by atoms with Gasteiger partial charge in [-0.15, -0.1) is 0 Å². The number of nitrogens with one attached hydrogen (secondary N) is 1. The Labute approximate surface area is 118 Å². The van der Waals surface area contributed by atoms with Crippen LogP contribution in [0.3, 0.4) is 0 Å². The number of benzene rings is 1. The van der Waals surface area contributed by atoms with Gasteiger partial charge >= 0.3 is 0 Å². The summed E-state index contributed by atoms with van der Waals surface area (Å²) in [5.74, 6) is 0. The van der Waals surface area contributed by atoms with Crippen molar-refractivity contribution in [1.29, 1.82) is 0 Å². The van der Waals surface area contributed by atoms with E-state index in [9.17, 15) is 0 Å². The number of hydrogen-bond acceptors (Lipinski definition) is 4. The minimum absolute atomic E-state index is 0.593. The summed E-state index contributed by atoms with van der Waals surface area (Å²) in [6.07, 6.45) is 0. The number of aryl methyl sites for hydroxylation is 1. The van der Waals surface area contributed by atoms with Crippen LogP contribution in [0.4, 0.5) is 5.69 Å². The van der Waals surface area contributed by atoms with Gasteiger partial charge in [-0.2, -0.15) is 5.10 Å². The van der Waals surface area contributed by atoms with E-state index in [0.717, 1.165) is 30.2 Å². The Bertz CT molecular complexity index is 631. The molecule has 0 fully saturated rings. The van der Waals surface area contributed by atoms with Crippen LogP contribution in [0.5, 0.6) is 0 Å². The topological polar surface area (TPSA) is 51.4 Å². The van der Waals surface area contributed by atoms with Crippen LogP contribution in [0.1, 0.15) is 17.0 Å². The van der Waals surface area contributed by atoms with E-state index < -0.39 is 0 Å². The van der Waals surface area contributed by atoms with Gasteiger partial charge in [-0.1, -0.05) is 30.3 Å². The lowest BCUT2D eigenvalue weighted by Crippen LogP contribution is -2.13. The molecule has 1 aromatic carbocycles. The minimum atomic E-state index is 0.593. The van der Waals surface area contributed by atoms with E-state index in [2.05, 4.69) is 34.5 Å². The first-order valence-corrected chi connectivity index (χ1v) is 6.76. The van der Waals surface area contributed by atoms with Crippen LogP contribution in [0.15, 0.2) is 35.3 Å². The highest BCUT2D eigenvalue weighted by Gasteiger charge is 2.15. The first kappa shape index (κ1) is 12.7. The van der Waals surface area contributed by atoms with Gasteiger partial charge in [0.25, 0.3) is 6.02 Å². The lowest BCUT2D eigenvalue weighted by molar-refractivity contribution is 0.346. The molecule has 104 valence electrons. The van der Waals surface area contributed by atoms with E-state index in [1.54, 1.807) is 0 Å². The van der Waals surface area contributed by atoms with Gasteiger partial charge in [0, 0.05) is 0 Å². The molecule has 20 heavy (non-hydrogen) atoms. The van der Waals surface area contributed by atoms with Crippen LogP contribution in [-0.2, 0) is 11.3 Å². The quantitative estimate of drug-likeness (QED) is 0.931. The van der Waals surface area contributed by atoms with Gasteiger partial charge in [0.05, 0.1) is 30.2 Å². The molecule has 1 aliphatic heterocycles. The molecule has 0 amide bonds. The number of rotatable bonds is 3. The van der Waals surface area contributed by atoms with Gasteiger partial charge in [0.15, 0.2) is 0 Å². The van der Waals surface area contributed by atoms with Gasteiger partial charge in [-0.3, -0.25) is 4.68 Å². The number of amidine groups is 1. The van der Waals surface area contributed by atoms with Crippen molar-refractivity contribution >= 4 is 11.7 Å². The second kappa shape index (κ2) is 5.36. The van der Waals surface area contributed by atoms with E-state index in [1.807, 2.05) is 29.8 Å². The summed E-state index contributed by atoms with van der Waals surface area (Å²) < 4.78 is 7.40. The highest BCUT2D eigenvalue weighted by Crippen LogP contribution is 2.21. The molecule has 2 aromatic rings. The summed E-state index contributed by atoms with van der Waals surface area (Å²) in [7, 11) is 0. The van der Waals surface area contributed by atoms with Crippen LogP contribution in [-0.4, -0.2) is 29.0 Å². The summed E-state index contributed by atoms with van der Waals surface area (Å²) in [6.45, 7) is 6.19. The summed E-state index contributed by atoms with van der Waals surface area (Å²) in [5, 5.41) is 7.82. The Balaban J connectivity index is 1.83. The number of ether oxygens (including phenoxy) is 1. The number of aliphatic imine (C=N–C) groups is 1. The van der Waals surface area contributed by atoms with Crippen molar-refractivity contribution in [3.05, 3.63) is 47.3 Å². The van der Waals surface area contributed by atoms with E-state index >= 15 is 0 Å². The Morgan fingerprint density at radius 1 is 1.25 bits per heavy atom. The fraction of sp³-hybridized carbons (Fsp3) is 0.333. The maximum atomic E-state index is 5.40. The van der Waals surface area contributed by atoms with Crippen LogP contribution < -0.4 is 5.32 Å². The highest BCUT2D eigenvalue weighted by molar-refractivity contribution is 5.91. The zero-order chi connectivity index (χ0) is 13.9. The minimum Gasteiger partial charge on any atom is -0.463 e. The predicted octanol–water partition coefficient (Wildman–Crippen LogP) is 2.35. The van der Waals surface area contributed by atoms with Gasteiger partial charge in [0.1, 0.15) is 6.61 Å². The molecule has 0 saturated heterocycles. The van der Waals surface area contributed by atoms with Crippen molar-refractivity contribution in [1.82, 2.24) is 9.78 Å². The third-order valence-electron chi connectivity index (χ3n) is 3.37. The lowest BCUT2D eigenvalue weighted by Gasteiger charge is -2.07. The molecule has 0 bridgehead atoms. The second-order valence-corrected chi connectivity index (χ2v) is 4.85. The molecule has 5 nitrogen and oxygen atoms in total. The molecule has 1 aliphatic rings. The number of anilines is 1. The predicted molar refractivity (Wildman–Crippen MR) is 79.1 cm³/mol. The molecule has 0 spiro atoms. The molecule has 2 heterocycles. The molecule has 0 radical (unpaired) electrons. The van der Waals surface area contributed by atoms with Crippen molar-refractivity contribution in [3.63, 3.8) is 0 Å². The maximum absolute atomic E-state index is 5.40. The molecule has 0 aliphatic carbocycles. The molecule has 0 unspecified atom stereocenters. The molecule has 3 rings (SSSR count). The summed E-state index contributed by atoms with van der Waals surface area (Å²) in [6, 6.07) is 10.9. The molecular weight excluding hydrogens is 252 g/mol. The molecule has 1 N–H and O–H groups in total. The number of aromatic nitrogens is 2. The van der Waals surface area contributed by atoms with Crippen LogP contribution in [0, 0.1) is 13.8 Å². The zero-order valence-electron chi connectivity index (χ0n) is 11.8. The van der Waals surface area contributed by atoms with Crippen molar-refractivity contribution < 1.29 is 4.74 Å². The van der Waals surface area contributed by atoms with E-state index in [0.29, 0.717) is 12.6 Å². The Kier molecular flexibility index (Phi) is 3.41. The number of hydrogen-bond donors (Lipinski definition) is 1. The molecule has 0 saturated carbocycles. The SMILES string of the molecule is Cc1nn(Cc2ccccc2)c(C)c1NC1=NCCO1. The number of nitrogens with zero attached hydrogens (tertiary/aromatic N) is 3. The molecule has 5 heteroatoms. The third kappa shape index (κ3) is 2.52. The van der Waals surface area contributed by atoms with Gasteiger partial charge in [-0.05, 0) is 19.4 Å². The first-order valence-electron chi connectivity index (χ1n) is 6.76. The van der Waals surface area contributed by atoms with Gasteiger partial charge < -0.3 is 10.1 Å². The van der Waals surface area contributed by atoms with Crippen molar-refractivity contribution in [2.45, 2.75) is 20.4 Å². The summed E-state index contributed by atoms with van der Waals surface area (Å²) >= 11 is 0.